The number of amides is 1. The Kier molecular flexibility index (Phi) is 3.14. The average molecular weight is 291 g/mol. The highest BCUT2D eigenvalue weighted by Gasteiger charge is 2.25. The van der Waals surface area contributed by atoms with Crippen molar-refractivity contribution in [2.24, 2.45) is 7.05 Å². The Bertz CT molecular complexity index is 680. The third kappa shape index (κ3) is 2.04. The number of anilines is 2. The van der Waals surface area contributed by atoms with Crippen molar-refractivity contribution in [1.29, 1.82) is 0 Å². The molecule has 6 heteroatoms. The van der Waals surface area contributed by atoms with Crippen LogP contribution in [0.5, 0.6) is 0 Å². The summed E-state index contributed by atoms with van der Waals surface area (Å²) in [6, 6.07) is 7.75. The number of carbonyl (C=O) groups is 1. The zero-order valence-electron chi connectivity index (χ0n) is 11.4. The lowest BCUT2D eigenvalue weighted by atomic mass is 10.2. The predicted molar refractivity (Wildman–Crippen MR) is 79.1 cm³/mol. The van der Waals surface area contributed by atoms with E-state index in [-0.39, 0.29) is 5.91 Å². The second-order valence-corrected chi connectivity index (χ2v) is 5.20. The van der Waals surface area contributed by atoms with E-state index in [1.54, 1.807) is 9.58 Å². The first-order valence-corrected chi connectivity index (χ1v) is 6.77. The molecule has 1 aromatic heterocycles. The van der Waals surface area contributed by atoms with Crippen LogP contribution < -0.4 is 10.2 Å². The van der Waals surface area contributed by atoms with Crippen LogP contribution >= 0.6 is 11.6 Å². The highest BCUT2D eigenvalue weighted by molar-refractivity contribution is 6.31. The Hall–Kier alpha value is -2.01. The Labute approximate surface area is 122 Å². The molecule has 5 nitrogen and oxygen atoms in total. The molecule has 0 spiro atoms. The van der Waals surface area contributed by atoms with Gasteiger partial charge in [-0.3, -0.25) is 9.48 Å². The predicted octanol–water partition coefficient (Wildman–Crippen LogP) is 2.34. The number of hydrogen-bond donors (Lipinski definition) is 1. The standard InChI is InChI=1S/C14H15ClN4O/c1-9-14(15)12(18(2)17-9)8-19-11-6-4-3-5-10(11)16-7-13(19)20/h3-6,16H,7-8H2,1-2H3. The molecule has 3 rings (SSSR count). The molecule has 1 aliphatic rings. The molecule has 0 unspecified atom stereocenters. The van der Waals surface area contributed by atoms with Crippen LogP contribution in [0.15, 0.2) is 24.3 Å². The number of fused-ring (bicyclic) bond motifs is 1. The maximum atomic E-state index is 12.2. The van der Waals surface area contributed by atoms with Crippen LogP contribution in [-0.4, -0.2) is 22.2 Å². The SMILES string of the molecule is Cc1nn(C)c(CN2C(=O)CNc3ccccc32)c1Cl. The van der Waals surface area contributed by atoms with Gasteiger partial charge in [-0.1, -0.05) is 23.7 Å². The molecule has 2 aromatic rings. The Morgan fingerprint density at radius 1 is 1.40 bits per heavy atom. The minimum absolute atomic E-state index is 0.0265. The monoisotopic (exact) mass is 290 g/mol. The fraction of sp³-hybridized carbons (Fsp3) is 0.286. The van der Waals surface area contributed by atoms with Gasteiger partial charge in [0.2, 0.25) is 5.91 Å². The zero-order valence-corrected chi connectivity index (χ0v) is 12.1. The van der Waals surface area contributed by atoms with Gasteiger partial charge in [-0.15, -0.1) is 0 Å². The van der Waals surface area contributed by atoms with E-state index in [1.165, 1.54) is 0 Å². The number of halogens is 1. The first kappa shape index (κ1) is 13.0. The van der Waals surface area contributed by atoms with Crippen molar-refractivity contribution in [2.45, 2.75) is 13.5 Å². The number of benzene rings is 1. The van der Waals surface area contributed by atoms with E-state index in [0.717, 1.165) is 22.8 Å². The van der Waals surface area contributed by atoms with Crippen LogP contribution in [0.2, 0.25) is 5.02 Å². The first-order chi connectivity index (χ1) is 9.58. The minimum atomic E-state index is 0.0265. The molecular weight excluding hydrogens is 276 g/mol. The summed E-state index contributed by atoms with van der Waals surface area (Å²) in [6.07, 6.45) is 0. The van der Waals surface area contributed by atoms with Gasteiger partial charge in [-0.2, -0.15) is 5.10 Å². The number of rotatable bonds is 2. The Morgan fingerprint density at radius 2 is 2.15 bits per heavy atom. The first-order valence-electron chi connectivity index (χ1n) is 6.39. The third-order valence-corrected chi connectivity index (χ3v) is 3.99. The molecule has 1 aromatic carbocycles. The van der Waals surface area contributed by atoms with Gasteiger partial charge in [-0.25, -0.2) is 0 Å². The number of nitrogens with one attached hydrogen (secondary N) is 1. The number of nitrogens with zero attached hydrogens (tertiary/aromatic N) is 3. The number of aryl methyl sites for hydroxylation is 2. The van der Waals surface area contributed by atoms with Gasteiger partial charge in [-0.05, 0) is 19.1 Å². The molecule has 104 valence electrons. The maximum Gasteiger partial charge on any atom is 0.246 e. The Balaban J connectivity index is 2.00. The second kappa shape index (κ2) is 4.83. The third-order valence-electron chi connectivity index (χ3n) is 3.50. The van der Waals surface area contributed by atoms with Crippen molar-refractivity contribution >= 4 is 28.9 Å². The summed E-state index contributed by atoms with van der Waals surface area (Å²) in [7, 11) is 1.84. The average Bonchev–Trinajstić information content (AvgIpc) is 2.68. The fourth-order valence-electron chi connectivity index (χ4n) is 2.43. The van der Waals surface area contributed by atoms with Gasteiger partial charge in [0.15, 0.2) is 0 Å². The zero-order chi connectivity index (χ0) is 14.3. The largest absolute Gasteiger partial charge is 0.374 e. The number of aromatic nitrogens is 2. The molecule has 0 saturated carbocycles. The van der Waals surface area contributed by atoms with Gasteiger partial charge in [0, 0.05) is 7.05 Å². The molecular formula is C14H15ClN4O. The molecule has 0 bridgehead atoms. The van der Waals surface area contributed by atoms with E-state index in [4.69, 9.17) is 11.6 Å². The normalized spacial score (nSPS) is 14.2. The molecule has 0 atom stereocenters. The smallest absolute Gasteiger partial charge is 0.246 e. The summed E-state index contributed by atoms with van der Waals surface area (Å²) in [6.45, 7) is 2.58. The van der Waals surface area contributed by atoms with E-state index in [2.05, 4.69) is 10.4 Å². The quantitative estimate of drug-likeness (QED) is 0.923. The van der Waals surface area contributed by atoms with Crippen LogP contribution in [0.4, 0.5) is 11.4 Å². The van der Waals surface area contributed by atoms with E-state index in [9.17, 15) is 4.79 Å². The summed E-state index contributed by atoms with van der Waals surface area (Å²) in [5, 5.41) is 8.03. The highest BCUT2D eigenvalue weighted by atomic mass is 35.5. The molecule has 0 fully saturated rings. The van der Waals surface area contributed by atoms with E-state index in [1.807, 2.05) is 38.2 Å². The fourth-order valence-corrected chi connectivity index (χ4v) is 2.65. The molecule has 2 heterocycles. The molecule has 20 heavy (non-hydrogen) atoms. The van der Waals surface area contributed by atoms with Crippen molar-refractivity contribution in [2.75, 3.05) is 16.8 Å². The summed E-state index contributed by atoms with van der Waals surface area (Å²) >= 11 is 6.27. The van der Waals surface area contributed by atoms with Crippen LogP contribution in [0.3, 0.4) is 0 Å². The van der Waals surface area contributed by atoms with Crippen LogP contribution in [0, 0.1) is 6.92 Å². The summed E-state index contributed by atoms with van der Waals surface area (Å²) in [4.78, 5) is 13.9. The van der Waals surface area contributed by atoms with Gasteiger partial charge in [0.25, 0.3) is 0 Å². The molecule has 0 radical (unpaired) electrons. The van der Waals surface area contributed by atoms with Gasteiger partial charge < -0.3 is 10.2 Å². The topological polar surface area (TPSA) is 50.2 Å². The summed E-state index contributed by atoms with van der Waals surface area (Å²) in [5.74, 6) is 0.0265. The van der Waals surface area contributed by atoms with E-state index < -0.39 is 0 Å². The number of carbonyl (C=O) groups excluding carboxylic acids is 1. The maximum absolute atomic E-state index is 12.2. The second-order valence-electron chi connectivity index (χ2n) is 4.82. The van der Waals surface area contributed by atoms with Crippen LogP contribution in [-0.2, 0) is 18.4 Å². The Morgan fingerprint density at radius 3 is 2.85 bits per heavy atom. The van der Waals surface area contributed by atoms with Crippen molar-refractivity contribution in [1.82, 2.24) is 9.78 Å². The lowest BCUT2D eigenvalue weighted by molar-refractivity contribution is -0.117. The van der Waals surface area contributed by atoms with Crippen molar-refractivity contribution in [3.63, 3.8) is 0 Å². The lowest BCUT2D eigenvalue weighted by Crippen LogP contribution is -2.39. The van der Waals surface area contributed by atoms with Crippen molar-refractivity contribution in [3.8, 4) is 0 Å². The van der Waals surface area contributed by atoms with E-state index >= 15 is 0 Å². The van der Waals surface area contributed by atoms with Gasteiger partial charge >= 0.3 is 0 Å². The molecule has 1 aliphatic heterocycles. The highest BCUT2D eigenvalue weighted by Crippen LogP contribution is 2.31. The minimum Gasteiger partial charge on any atom is -0.374 e. The molecule has 0 aliphatic carbocycles. The van der Waals surface area contributed by atoms with Crippen LogP contribution in [0.1, 0.15) is 11.4 Å². The molecule has 1 amide bonds. The van der Waals surface area contributed by atoms with Gasteiger partial charge in [0.1, 0.15) is 0 Å². The van der Waals surface area contributed by atoms with Crippen molar-refractivity contribution in [3.05, 3.63) is 40.7 Å². The summed E-state index contributed by atoms with van der Waals surface area (Å²) < 4.78 is 1.73. The summed E-state index contributed by atoms with van der Waals surface area (Å²) in [5.41, 5.74) is 3.45. The van der Waals surface area contributed by atoms with Gasteiger partial charge in [0.05, 0.1) is 40.9 Å². The molecule has 1 N–H and O–H groups in total. The van der Waals surface area contributed by atoms with Crippen molar-refractivity contribution < 1.29 is 4.79 Å². The van der Waals surface area contributed by atoms with Crippen LogP contribution in [0.25, 0.3) is 0 Å². The lowest BCUT2D eigenvalue weighted by Gasteiger charge is -2.30. The number of para-hydroxylation sites is 2. The number of hydrogen-bond acceptors (Lipinski definition) is 3. The van der Waals surface area contributed by atoms with E-state index in [0.29, 0.717) is 18.1 Å². The molecule has 0 saturated heterocycles.